The molecule has 1 aliphatic rings. The molecule has 0 saturated carbocycles. The van der Waals surface area contributed by atoms with E-state index < -0.39 is 29.1 Å². The number of rotatable bonds is 2. The third kappa shape index (κ3) is 2.91. The van der Waals surface area contributed by atoms with Crippen LogP contribution in [-0.4, -0.2) is 42.8 Å². The number of ether oxygens (including phenoxy) is 2. The van der Waals surface area contributed by atoms with E-state index in [-0.39, 0.29) is 6.42 Å². The Morgan fingerprint density at radius 1 is 1.39 bits per heavy atom. The van der Waals surface area contributed by atoms with Crippen molar-refractivity contribution in [3.63, 3.8) is 0 Å². The van der Waals surface area contributed by atoms with Crippen molar-refractivity contribution in [2.75, 3.05) is 13.7 Å². The molecule has 2 N–H and O–H groups in total. The van der Waals surface area contributed by atoms with E-state index in [1.54, 1.807) is 20.8 Å². The first-order valence-electron chi connectivity index (χ1n) is 5.59. The lowest BCUT2D eigenvalue weighted by molar-refractivity contribution is -0.152. The second kappa shape index (κ2) is 4.83. The molecular weight excluding hydrogens is 240 g/mol. The molecule has 1 saturated heterocycles. The average Bonchev–Trinajstić information content (AvgIpc) is 2.57. The Hall–Kier alpha value is -1.79. The van der Waals surface area contributed by atoms with Gasteiger partial charge in [-0.2, -0.15) is 0 Å². The molecule has 7 heteroatoms. The van der Waals surface area contributed by atoms with Gasteiger partial charge in [-0.1, -0.05) is 0 Å². The summed E-state index contributed by atoms with van der Waals surface area (Å²) in [5.74, 6) is -1.39. The van der Waals surface area contributed by atoms with E-state index in [0.717, 1.165) is 7.11 Å². The number of esters is 1. The summed E-state index contributed by atoms with van der Waals surface area (Å²) in [5, 5.41) is 4.79. The van der Waals surface area contributed by atoms with E-state index in [4.69, 9.17) is 4.74 Å². The molecule has 1 heterocycles. The van der Waals surface area contributed by atoms with Gasteiger partial charge in [-0.15, -0.1) is 0 Å². The predicted molar refractivity (Wildman–Crippen MR) is 61.7 cm³/mol. The molecule has 0 aromatic carbocycles. The largest absolute Gasteiger partial charge is 0.467 e. The van der Waals surface area contributed by atoms with Crippen molar-refractivity contribution in [1.29, 1.82) is 0 Å². The molecule has 1 atom stereocenters. The molecule has 0 aromatic rings. The van der Waals surface area contributed by atoms with Crippen LogP contribution in [0, 0.1) is 0 Å². The minimum absolute atomic E-state index is 0.137. The van der Waals surface area contributed by atoms with Crippen molar-refractivity contribution in [3.8, 4) is 0 Å². The molecule has 2 amide bonds. The summed E-state index contributed by atoms with van der Waals surface area (Å²) in [6.07, 6.45) is -0.692. The van der Waals surface area contributed by atoms with Gasteiger partial charge in [0.05, 0.1) is 7.11 Å². The number of hydrogen-bond acceptors (Lipinski definition) is 5. The molecule has 1 fully saturated rings. The van der Waals surface area contributed by atoms with Gasteiger partial charge in [-0.3, -0.25) is 10.1 Å². The van der Waals surface area contributed by atoms with Crippen LogP contribution in [0.4, 0.5) is 4.79 Å². The standard InChI is InChI=1S/C11H18N2O5/c1-10(2,3)18-9(16)13-11(8(15)17-4)5-6-12-7(11)14/h5-6H2,1-4H3,(H,12,14)(H,13,16). The number of carbonyl (C=O) groups is 3. The predicted octanol–water partition coefficient (Wildman–Crippen LogP) is -0.0572. The maximum atomic E-state index is 11.7. The Labute approximate surface area is 105 Å². The Morgan fingerprint density at radius 2 is 2.00 bits per heavy atom. The van der Waals surface area contributed by atoms with Gasteiger partial charge >= 0.3 is 12.1 Å². The van der Waals surface area contributed by atoms with E-state index in [9.17, 15) is 14.4 Å². The first-order chi connectivity index (χ1) is 8.21. The summed E-state index contributed by atoms with van der Waals surface area (Å²) in [5.41, 5.74) is -2.40. The highest BCUT2D eigenvalue weighted by Crippen LogP contribution is 2.19. The van der Waals surface area contributed by atoms with E-state index in [2.05, 4.69) is 15.4 Å². The summed E-state index contributed by atoms with van der Waals surface area (Å²) >= 11 is 0. The van der Waals surface area contributed by atoms with Gasteiger partial charge < -0.3 is 14.8 Å². The van der Waals surface area contributed by atoms with Gasteiger partial charge in [0.25, 0.3) is 5.91 Å². The van der Waals surface area contributed by atoms with Gasteiger partial charge in [0.2, 0.25) is 5.54 Å². The van der Waals surface area contributed by atoms with Crippen LogP contribution in [0.25, 0.3) is 0 Å². The smallest absolute Gasteiger partial charge is 0.408 e. The summed E-state index contributed by atoms with van der Waals surface area (Å²) < 4.78 is 9.60. The molecule has 0 aromatic heterocycles. The van der Waals surface area contributed by atoms with Gasteiger partial charge in [0, 0.05) is 13.0 Å². The Kier molecular flexibility index (Phi) is 3.83. The van der Waals surface area contributed by atoms with Crippen LogP contribution in [0.5, 0.6) is 0 Å². The van der Waals surface area contributed by atoms with Crippen molar-refractivity contribution in [2.45, 2.75) is 38.3 Å². The van der Waals surface area contributed by atoms with Gasteiger partial charge in [0.15, 0.2) is 0 Å². The number of amides is 2. The maximum absolute atomic E-state index is 11.7. The minimum atomic E-state index is -1.68. The fourth-order valence-corrected chi connectivity index (χ4v) is 1.65. The van der Waals surface area contributed by atoms with Crippen molar-refractivity contribution in [3.05, 3.63) is 0 Å². The zero-order chi connectivity index (χ0) is 14.0. The molecule has 0 bridgehead atoms. The lowest BCUT2D eigenvalue weighted by atomic mass is 9.98. The van der Waals surface area contributed by atoms with E-state index in [1.807, 2.05) is 0 Å². The normalized spacial score (nSPS) is 23.2. The van der Waals surface area contributed by atoms with Crippen molar-refractivity contribution in [1.82, 2.24) is 10.6 Å². The molecule has 18 heavy (non-hydrogen) atoms. The highest BCUT2D eigenvalue weighted by molar-refractivity contribution is 6.10. The SMILES string of the molecule is COC(=O)C1(NC(=O)OC(C)(C)C)CCNC1=O. The van der Waals surface area contributed by atoms with E-state index in [1.165, 1.54) is 0 Å². The van der Waals surface area contributed by atoms with Gasteiger partial charge in [-0.05, 0) is 20.8 Å². The molecule has 0 aliphatic carbocycles. The highest BCUT2D eigenvalue weighted by Gasteiger charge is 2.52. The fraction of sp³-hybridized carbons (Fsp3) is 0.727. The van der Waals surface area contributed by atoms with Crippen LogP contribution >= 0.6 is 0 Å². The summed E-state index contributed by atoms with van der Waals surface area (Å²) in [7, 11) is 1.16. The molecular formula is C11H18N2O5. The molecule has 7 nitrogen and oxygen atoms in total. The zero-order valence-corrected chi connectivity index (χ0v) is 11.0. The quantitative estimate of drug-likeness (QED) is 0.534. The summed E-state index contributed by atoms with van der Waals surface area (Å²) in [6, 6.07) is 0. The van der Waals surface area contributed by atoms with Crippen molar-refractivity contribution in [2.24, 2.45) is 0 Å². The fourth-order valence-electron chi connectivity index (χ4n) is 1.65. The van der Waals surface area contributed by atoms with Crippen molar-refractivity contribution < 1.29 is 23.9 Å². The third-order valence-corrected chi connectivity index (χ3v) is 2.42. The highest BCUT2D eigenvalue weighted by atomic mass is 16.6. The molecule has 0 radical (unpaired) electrons. The number of alkyl carbamates (subject to hydrolysis) is 1. The monoisotopic (exact) mass is 258 g/mol. The topological polar surface area (TPSA) is 93.7 Å². The Bertz CT molecular complexity index is 374. The number of nitrogens with one attached hydrogen (secondary N) is 2. The second-order valence-corrected chi connectivity index (χ2v) is 5.03. The Morgan fingerprint density at radius 3 is 2.39 bits per heavy atom. The van der Waals surface area contributed by atoms with E-state index in [0.29, 0.717) is 6.54 Å². The lowest BCUT2D eigenvalue weighted by Gasteiger charge is -2.27. The zero-order valence-electron chi connectivity index (χ0n) is 11.0. The number of methoxy groups -OCH3 is 1. The van der Waals surface area contributed by atoms with E-state index >= 15 is 0 Å². The van der Waals surface area contributed by atoms with Crippen LogP contribution in [0.15, 0.2) is 0 Å². The molecule has 1 unspecified atom stereocenters. The van der Waals surface area contributed by atoms with Crippen LogP contribution in [-0.2, 0) is 19.1 Å². The lowest BCUT2D eigenvalue weighted by Crippen LogP contribution is -2.60. The summed E-state index contributed by atoms with van der Waals surface area (Å²) in [4.78, 5) is 35.1. The molecule has 1 aliphatic heterocycles. The Balaban J connectivity index is 2.84. The number of hydrogen-bond donors (Lipinski definition) is 2. The van der Waals surface area contributed by atoms with Crippen LogP contribution in [0.3, 0.4) is 0 Å². The average molecular weight is 258 g/mol. The molecule has 1 rings (SSSR count). The maximum Gasteiger partial charge on any atom is 0.408 e. The first kappa shape index (κ1) is 14.3. The van der Waals surface area contributed by atoms with Crippen LogP contribution < -0.4 is 10.6 Å². The van der Waals surface area contributed by atoms with Gasteiger partial charge in [0.1, 0.15) is 5.60 Å². The second-order valence-electron chi connectivity index (χ2n) is 5.03. The van der Waals surface area contributed by atoms with Crippen molar-refractivity contribution >= 4 is 18.0 Å². The van der Waals surface area contributed by atoms with Crippen LogP contribution in [0.2, 0.25) is 0 Å². The first-order valence-corrected chi connectivity index (χ1v) is 5.59. The van der Waals surface area contributed by atoms with Crippen LogP contribution in [0.1, 0.15) is 27.2 Å². The minimum Gasteiger partial charge on any atom is -0.467 e. The number of carbonyl (C=O) groups excluding carboxylic acids is 3. The molecule has 0 spiro atoms. The third-order valence-electron chi connectivity index (χ3n) is 2.42. The summed E-state index contributed by atoms with van der Waals surface area (Å²) in [6.45, 7) is 5.36. The molecule has 102 valence electrons. The van der Waals surface area contributed by atoms with Gasteiger partial charge in [-0.25, -0.2) is 9.59 Å².